The molecular formula is C17H33N5O2. The van der Waals surface area contributed by atoms with Crippen LogP contribution in [0.4, 0.5) is 0 Å². The van der Waals surface area contributed by atoms with Crippen molar-refractivity contribution in [1.82, 2.24) is 20.9 Å². The number of guanidine groups is 1. The first-order valence-corrected chi connectivity index (χ1v) is 8.81. The fourth-order valence-electron chi connectivity index (χ4n) is 2.84. The van der Waals surface area contributed by atoms with E-state index in [4.69, 9.17) is 0 Å². The van der Waals surface area contributed by atoms with Gasteiger partial charge in [0, 0.05) is 38.1 Å². The number of hydrogen-bond acceptors (Lipinski definition) is 3. The summed E-state index contributed by atoms with van der Waals surface area (Å²) in [5, 5.41) is 9.12. The highest BCUT2D eigenvalue weighted by atomic mass is 16.2. The zero-order valence-corrected chi connectivity index (χ0v) is 15.7. The quantitative estimate of drug-likeness (QED) is 0.474. The van der Waals surface area contributed by atoms with Gasteiger partial charge in [-0.2, -0.15) is 0 Å². The van der Waals surface area contributed by atoms with E-state index in [-0.39, 0.29) is 29.9 Å². The molecule has 2 amide bonds. The van der Waals surface area contributed by atoms with E-state index in [0.29, 0.717) is 18.9 Å². The molecule has 7 nitrogen and oxygen atoms in total. The van der Waals surface area contributed by atoms with Crippen molar-refractivity contribution in [2.45, 2.75) is 65.0 Å². The fourth-order valence-corrected chi connectivity index (χ4v) is 2.84. The van der Waals surface area contributed by atoms with Gasteiger partial charge in [-0.25, -0.2) is 0 Å². The van der Waals surface area contributed by atoms with Crippen LogP contribution in [0.15, 0.2) is 4.99 Å². The predicted octanol–water partition coefficient (Wildman–Crippen LogP) is 0.857. The highest BCUT2D eigenvalue weighted by Gasteiger charge is 2.26. The molecule has 1 rings (SSSR count). The SMILES string of the molecule is CCC(CCNC(=NC)NCC(=O)NC(C)(C)C)N1CCCC1=O. The first-order valence-electron chi connectivity index (χ1n) is 8.81. The van der Waals surface area contributed by atoms with E-state index in [2.05, 4.69) is 27.9 Å². The minimum absolute atomic E-state index is 0.0699. The van der Waals surface area contributed by atoms with E-state index in [9.17, 15) is 9.59 Å². The third-order valence-corrected chi connectivity index (χ3v) is 3.95. The Labute approximate surface area is 145 Å². The molecule has 24 heavy (non-hydrogen) atoms. The minimum atomic E-state index is -0.244. The Kier molecular flexibility index (Phi) is 8.01. The summed E-state index contributed by atoms with van der Waals surface area (Å²) < 4.78 is 0. The average molecular weight is 339 g/mol. The van der Waals surface area contributed by atoms with Crippen molar-refractivity contribution < 1.29 is 9.59 Å². The van der Waals surface area contributed by atoms with Crippen molar-refractivity contribution in [3.05, 3.63) is 0 Å². The Morgan fingerprint density at radius 2 is 2.04 bits per heavy atom. The molecule has 1 aliphatic rings. The second-order valence-electron chi connectivity index (χ2n) is 7.19. The molecule has 7 heteroatoms. The van der Waals surface area contributed by atoms with Crippen molar-refractivity contribution in [3.8, 4) is 0 Å². The van der Waals surface area contributed by atoms with E-state index in [0.717, 1.165) is 25.8 Å². The number of rotatable bonds is 7. The van der Waals surface area contributed by atoms with Gasteiger partial charge in [0.15, 0.2) is 5.96 Å². The highest BCUT2D eigenvalue weighted by Crippen LogP contribution is 2.17. The molecule has 0 saturated carbocycles. The lowest BCUT2D eigenvalue weighted by atomic mass is 10.1. The smallest absolute Gasteiger partial charge is 0.239 e. The molecule has 0 aliphatic carbocycles. The summed E-state index contributed by atoms with van der Waals surface area (Å²) in [7, 11) is 1.68. The molecule has 3 N–H and O–H groups in total. The van der Waals surface area contributed by atoms with Gasteiger partial charge in [0.25, 0.3) is 0 Å². The maximum atomic E-state index is 11.8. The van der Waals surface area contributed by atoms with E-state index >= 15 is 0 Å². The summed E-state index contributed by atoms with van der Waals surface area (Å²) in [6.07, 6.45) is 3.47. The molecule has 1 unspecified atom stereocenters. The number of amides is 2. The molecule has 0 aromatic heterocycles. The molecule has 0 spiro atoms. The van der Waals surface area contributed by atoms with Gasteiger partial charge in [0.2, 0.25) is 11.8 Å². The molecule has 1 atom stereocenters. The van der Waals surface area contributed by atoms with E-state index in [1.165, 1.54) is 0 Å². The summed E-state index contributed by atoms with van der Waals surface area (Å²) >= 11 is 0. The standard InChI is InChI=1S/C17H33N5O2/c1-6-13(22-11-7-8-15(22)24)9-10-19-16(18-5)20-12-14(23)21-17(2,3)4/h13H,6-12H2,1-5H3,(H,21,23)(H2,18,19,20). The Bertz CT molecular complexity index is 456. The van der Waals surface area contributed by atoms with Gasteiger partial charge in [-0.05, 0) is 40.0 Å². The van der Waals surface area contributed by atoms with Crippen molar-refractivity contribution in [1.29, 1.82) is 0 Å². The van der Waals surface area contributed by atoms with Crippen molar-refractivity contribution in [3.63, 3.8) is 0 Å². The lowest BCUT2D eigenvalue weighted by Gasteiger charge is -2.27. The van der Waals surface area contributed by atoms with Gasteiger partial charge in [-0.1, -0.05) is 6.92 Å². The van der Waals surface area contributed by atoms with Gasteiger partial charge in [-0.3, -0.25) is 14.6 Å². The molecule has 1 saturated heterocycles. The maximum Gasteiger partial charge on any atom is 0.239 e. The van der Waals surface area contributed by atoms with Crippen LogP contribution >= 0.6 is 0 Å². The van der Waals surface area contributed by atoms with Crippen LogP contribution in [0.3, 0.4) is 0 Å². The number of carbonyl (C=O) groups is 2. The molecule has 0 radical (unpaired) electrons. The van der Waals surface area contributed by atoms with E-state index in [1.807, 2.05) is 25.7 Å². The summed E-state index contributed by atoms with van der Waals surface area (Å²) in [5.41, 5.74) is -0.244. The summed E-state index contributed by atoms with van der Waals surface area (Å²) in [6, 6.07) is 0.273. The summed E-state index contributed by atoms with van der Waals surface area (Å²) in [4.78, 5) is 29.8. The second-order valence-corrected chi connectivity index (χ2v) is 7.19. The molecule has 138 valence electrons. The summed E-state index contributed by atoms with van der Waals surface area (Å²) in [6.45, 7) is 9.71. The predicted molar refractivity (Wildman–Crippen MR) is 96.9 cm³/mol. The Balaban J connectivity index is 2.33. The van der Waals surface area contributed by atoms with Crippen LogP contribution in [0.2, 0.25) is 0 Å². The number of nitrogens with zero attached hydrogens (tertiary/aromatic N) is 2. The highest BCUT2D eigenvalue weighted by molar-refractivity contribution is 5.86. The number of aliphatic imine (C=N–C) groups is 1. The normalized spacial score (nSPS) is 17.0. The molecule has 1 fully saturated rings. The second kappa shape index (κ2) is 9.49. The maximum absolute atomic E-state index is 11.8. The number of likely N-dealkylation sites (tertiary alicyclic amines) is 1. The first kappa shape index (κ1) is 20.3. The van der Waals surface area contributed by atoms with Crippen LogP contribution in [0.25, 0.3) is 0 Å². The van der Waals surface area contributed by atoms with Crippen molar-refractivity contribution >= 4 is 17.8 Å². The molecule has 0 bridgehead atoms. The van der Waals surface area contributed by atoms with Gasteiger partial charge in [0.1, 0.15) is 0 Å². The van der Waals surface area contributed by atoms with Crippen LogP contribution in [0.1, 0.15) is 53.4 Å². The fraction of sp³-hybridized carbons (Fsp3) is 0.824. The lowest BCUT2D eigenvalue weighted by molar-refractivity contribution is -0.129. The largest absolute Gasteiger partial charge is 0.356 e. The van der Waals surface area contributed by atoms with Crippen LogP contribution in [0, 0.1) is 0 Å². The zero-order valence-electron chi connectivity index (χ0n) is 15.7. The first-order chi connectivity index (χ1) is 11.3. The number of hydrogen-bond donors (Lipinski definition) is 3. The topological polar surface area (TPSA) is 85.8 Å². The Morgan fingerprint density at radius 3 is 2.54 bits per heavy atom. The lowest BCUT2D eigenvalue weighted by Crippen LogP contribution is -2.48. The monoisotopic (exact) mass is 339 g/mol. The van der Waals surface area contributed by atoms with Gasteiger partial charge in [-0.15, -0.1) is 0 Å². The molecule has 1 aliphatic heterocycles. The molecule has 0 aromatic rings. The van der Waals surface area contributed by atoms with Crippen LogP contribution in [-0.2, 0) is 9.59 Å². The third-order valence-electron chi connectivity index (χ3n) is 3.95. The minimum Gasteiger partial charge on any atom is -0.356 e. The summed E-state index contributed by atoms with van der Waals surface area (Å²) in [5.74, 6) is 0.796. The zero-order chi connectivity index (χ0) is 18.2. The van der Waals surface area contributed by atoms with Crippen LogP contribution in [0.5, 0.6) is 0 Å². The number of nitrogens with one attached hydrogen (secondary N) is 3. The van der Waals surface area contributed by atoms with E-state index < -0.39 is 0 Å². The Morgan fingerprint density at radius 1 is 1.33 bits per heavy atom. The van der Waals surface area contributed by atoms with Crippen molar-refractivity contribution in [2.24, 2.45) is 4.99 Å². The Hall–Kier alpha value is -1.79. The molecule has 1 heterocycles. The van der Waals surface area contributed by atoms with E-state index in [1.54, 1.807) is 7.05 Å². The van der Waals surface area contributed by atoms with Crippen LogP contribution < -0.4 is 16.0 Å². The number of carbonyl (C=O) groups excluding carboxylic acids is 2. The van der Waals surface area contributed by atoms with Crippen LogP contribution in [-0.4, -0.2) is 60.9 Å². The average Bonchev–Trinajstić information content (AvgIpc) is 2.91. The van der Waals surface area contributed by atoms with Gasteiger partial charge in [0.05, 0.1) is 6.54 Å². The third kappa shape index (κ3) is 7.19. The van der Waals surface area contributed by atoms with Gasteiger partial charge < -0.3 is 20.9 Å². The molecular weight excluding hydrogens is 306 g/mol. The van der Waals surface area contributed by atoms with Crippen molar-refractivity contribution in [2.75, 3.05) is 26.7 Å². The molecule has 0 aromatic carbocycles. The van der Waals surface area contributed by atoms with Gasteiger partial charge >= 0.3 is 0 Å².